The minimum atomic E-state index is -0.557. The lowest BCUT2D eigenvalue weighted by molar-refractivity contribution is 0.159. The summed E-state index contributed by atoms with van der Waals surface area (Å²) in [7, 11) is 0. The van der Waals surface area contributed by atoms with E-state index in [-0.39, 0.29) is 0 Å². The molecule has 0 aliphatic heterocycles. The summed E-state index contributed by atoms with van der Waals surface area (Å²) in [6.45, 7) is 2.76. The molecule has 0 spiro atoms. The summed E-state index contributed by atoms with van der Waals surface area (Å²) in [5, 5.41) is 14.1. The van der Waals surface area contributed by atoms with E-state index >= 15 is 0 Å². The summed E-state index contributed by atoms with van der Waals surface area (Å²) in [6.07, 6.45) is 3.24. The van der Waals surface area contributed by atoms with Crippen molar-refractivity contribution >= 4 is 0 Å². The van der Waals surface area contributed by atoms with E-state index in [1.807, 2.05) is 25.1 Å². The molecule has 0 saturated heterocycles. The number of hydrogen-bond acceptors (Lipinski definition) is 3. The monoisotopic (exact) mass is 206 g/mol. The van der Waals surface area contributed by atoms with Crippen LogP contribution >= 0.6 is 0 Å². The first-order valence-corrected chi connectivity index (χ1v) is 5.03. The third kappa shape index (κ3) is 2.10. The van der Waals surface area contributed by atoms with Crippen LogP contribution in [0.1, 0.15) is 24.5 Å². The van der Waals surface area contributed by atoms with Gasteiger partial charge in [-0.15, -0.1) is 0 Å². The van der Waals surface area contributed by atoms with Crippen LogP contribution < -0.4 is 0 Å². The predicted molar refractivity (Wildman–Crippen MR) is 55.3 cm³/mol. The van der Waals surface area contributed by atoms with E-state index in [9.17, 15) is 5.11 Å². The molecule has 1 atom stereocenters. The zero-order valence-electron chi connectivity index (χ0n) is 8.63. The Bertz CT molecular complexity index is 406. The molecule has 2 rings (SSSR count). The molecule has 0 bridgehead atoms. The van der Waals surface area contributed by atoms with E-state index < -0.39 is 6.10 Å². The molecule has 80 valence electrons. The smallest absolute Gasteiger partial charge is 0.106 e. The van der Waals surface area contributed by atoms with Crippen molar-refractivity contribution in [1.82, 2.24) is 9.78 Å². The molecular formula is C11H14N2O2. The van der Waals surface area contributed by atoms with Gasteiger partial charge in [0.15, 0.2) is 0 Å². The Morgan fingerprint density at radius 1 is 1.53 bits per heavy atom. The average molecular weight is 206 g/mol. The number of nitrogens with zero attached hydrogens (tertiary/aromatic N) is 2. The van der Waals surface area contributed by atoms with Crippen LogP contribution in [0.15, 0.2) is 35.1 Å². The van der Waals surface area contributed by atoms with Gasteiger partial charge in [0.1, 0.15) is 11.9 Å². The molecule has 0 fully saturated rings. The molecule has 0 radical (unpaired) electrons. The zero-order chi connectivity index (χ0) is 10.7. The van der Waals surface area contributed by atoms with Gasteiger partial charge in [-0.05, 0) is 25.1 Å². The highest BCUT2D eigenvalue weighted by molar-refractivity contribution is 5.09. The maximum atomic E-state index is 9.97. The summed E-state index contributed by atoms with van der Waals surface area (Å²) in [4.78, 5) is 0. The summed E-state index contributed by atoms with van der Waals surface area (Å²) >= 11 is 0. The van der Waals surface area contributed by atoms with Gasteiger partial charge in [-0.2, -0.15) is 5.10 Å². The Morgan fingerprint density at radius 2 is 2.40 bits per heavy atom. The minimum absolute atomic E-state index is 0.485. The van der Waals surface area contributed by atoms with Crippen LogP contribution in [0.3, 0.4) is 0 Å². The molecule has 0 aromatic carbocycles. The molecule has 4 nitrogen and oxygen atoms in total. The maximum absolute atomic E-state index is 9.97. The number of aromatic nitrogens is 2. The Labute approximate surface area is 88.1 Å². The largest absolute Gasteiger partial charge is 0.469 e. The van der Waals surface area contributed by atoms with Crippen LogP contribution in [0, 0.1) is 0 Å². The first-order valence-electron chi connectivity index (χ1n) is 5.03. The van der Waals surface area contributed by atoms with Gasteiger partial charge >= 0.3 is 0 Å². The lowest BCUT2D eigenvalue weighted by Crippen LogP contribution is -2.09. The second kappa shape index (κ2) is 4.31. The van der Waals surface area contributed by atoms with Crippen molar-refractivity contribution in [3.8, 4) is 0 Å². The molecule has 2 heterocycles. The van der Waals surface area contributed by atoms with Crippen molar-refractivity contribution < 1.29 is 9.52 Å². The van der Waals surface area contributed by atoms with Crippen molar-refractivity contribution in [2.24, 2.45) is 0 Å². The molecule has 4 heteroatoms. The Kier molecular flexibility index (Phi) is 2.87. The van der Waals surface area contributed by atoms with E-state index in [2.05, 4.69) is 5.10 Å². The van der Waals surface area contributed by atoms with Crippen molar-refractivity contribution in [3.63, 3.8) is 0 Å². The van der Waals surface area contributed by atoms with Gasteiger partial charge in [0.25, 0.3) is 0 Å². The van der Waals surface area contributed by atoms with E-state index in [1.165, 1.54) is 0 Å². The van der Waals surface area contributed by atoms with Crippen molar-refractivity contribution in [1.29, 1.82) is 0 Å². The summed E-state index contributed by atoms with van der Waals surface area (Å²) in [5.74, 6) is 0.784. The first kappa shape index (κ1) is 9.98. The van der Waals surface area contributed by atoms with Crippen LogP contribution in [0.5, 0.6) is 0 Å². The second-order valence-corrected chi connectivity index (χ2v) is 3.37. The number of furan rings is 1. The highest BCUT2D eigenvalue weighted by atomic mass is 16.3. The maximum Gasteiger partial charge on any atom is 0.106 e. The normalized spacial score (nSPS) is 12.9. The zero-order valence-corrected chi connectivity index (χ0v) is 8.63. The number of aliphatic hydroxyl groups excluding tert-OH is 1. The molecule has 2 aromatic rings. The molecule has 0 saturated carbocycles. The highest BCUT2D eigenvalue weighted by Crippen LogP contribution is 2.18. The van der Waals surface area contributed by atoms with Crippen LogP contribution in [-0.2, 0) is 13.0 Å². The lowest BCUT2D eigenvalue weighted by Gasteiger charge is -2.10. The van der Waals surface area contributed by atoms with Crippen molar-refractivity contribution in [2.45, 2.75) is 26.0 Å². The quantitative estimate of drug-likeness (QED) is 0.829. The van der Waals surface area contributed by atoms with Gasteiger partial charge in [-0.3, -0.25) is 4.68 Å². The standard InChI is InChI=1S/C11H14N2O2/c1-2-13-10(5-6-12-13)11(14)8-9-4-3-7-15-9/h3-7,11,14H,2,8H2,1H3. The van der Waals surface area contributed by atoms with Crippen molar-refractivity contribution in [2.75, 3.05) is 0 Å². The topological polar surface area (TPSA) is 51.2 Å². The molecule has 0 aliphatic rings. The van der Waals surface area contributed by atoms with Crippen molar-refractivity contribution in [3.05, 3.63) is 42.1 Å². The average Bonchev–Trinajstić information content (AvgIpc) is 2.86. The Balaban J connectivity index is 2.11. The van der Waals surface area contributed by atoms with Gasteiger partial charge in [-0.25, -0.2) is 0 Å². The fourth-order valence-electron chi connectivity index (χ4n) is 1.61. The van der Waals surface area contributed by atoms with Crippen LogP contribution in [-0.4, -0.2) is 14.9 Å². The SMILES string of the molecule is CCn1nccc1C(O)Cc1ccco1. The summed E-state index contributed by atoms with van der Waals surface area (Å²) < 4.78 is 6.97. The fraction of sp³-hybridized carbons (Fsp3) is 0.364. The van der Waals surface area contributed by atoms with Gasteiger partial charge < -0.3 is 9.52 Å². The molecule has 1 N–H and O–H groups in total. The van der Waals surface area contributed by atoms with Crippen LogP contribution in [0.2, 0.25) is 0 Å². The second-order valence-electron chi connectivity index (χ2n) is 3.37. The number of aryl methyl sites for hydroxylation is 1. The van der Waals surface area contributed by atoms with E-state index in [0.29, 0.717) is 6.42 Å². The third-order valence-electron chi connectivity index (χ3n) is 2.36. The fourth-order valence-corrected chi connectivity index (χ4v) is 1.61. The number of hydrogen-bond donors (Lipinski definition) is 1. The first-order chi connectivity index (χ1) is 7.31. The minimum Gasteiger partial charge on any atom is -0.469 e. The molecule has 1 unspecified atom stereocenters. The van der Waals surface area contributed by atoms with Gasteiger partial charge in [0, 0.05) is 19.2 Å². The summed E-state index contributed by atoms with van der Waals surface area (Å²) in [5.41, 5.74) is 0.828. The van der Waals surface area contributed by atoms with Gasteiger partial charge in [-0.1, -0.05) is 0 Å². The van der Waals surface area contributed by atoms with E-state index in [4.69, 9.17) is 4.42 Å². The third-order valence-corrected chi connectivity index (χ3v) is 2.36. The van der Waals surface area contributed by atoms with E-state index in [1.54, 1.807) is 17.1 Å². The molecule has 15 heavy (non-hydrogen) atoms. The molecule has 2 aromatic heterocycles. The van der Waals surface area contributed by atoms with E-state index in [0.717, 1.165) is 18.0 Å². The Hall–Kier alpha value is -1.55. The molecule has 0 amide bonds. The number of aliphatic hydroxyl groups is 1. The lowest BCUT2D eigenvalue weighted by atomic mass is 10.1. The molecule has 0 aliphatic carbocycles. The van der Waals surface area contributed by atoms with Crippen LogP contribution in [0.25, 0.3) is 0 Å². The predicted octanol–water partition coefficient (Wildman–Crippen LogP) is 1.77. The summed E-state index contributed by atoms with van der Waals surface area (Å²) in [6, 6.07) is 5.51. The van der Waals surface area contributed by atoms with Gasteiger partial charge in [0.2, 0.25) is 0 Å². The highest BCUT2D eigenvalue weighted by Gasteiger charge is 2.14. The van der Waals surface area contributed by atoms with Crippen LogP contribution in [0.4, 0.5) is 0 Å². The number of rotatable bonds is 4. The Morgan fingerprint density at radius 3 is 3.07 bits per heavy atom. The molecular weight excluding hydrogens is 192 g/mol. The van der Waals surface area contributed by atoms with Gasteiger partial charge in [0.05, 0.1) is 12.0 Å².